The van der Waals surface area contributed by atoms with Crippen LogP contribution in [0.1, 0.15) is 25.5 Å². The standard InChI is InChI=1S/C15H27N3O2/c1-4-5-8-16-12-15(19)18(10-11-20-3)13-14-7-6-9-17(14)2/h6-7,9,16H,4-5,8,10-13H2,1-3H3. The molecule has 0 atom stereocenters. The summed E-state index contributed by atoms with van der Waals surface area (Å²) in [6, 6.07) is 4.03. The van der Waals surface area contributed by atoms with Crippen molar-refractivity contribution in [2.45, 2.75) is 26.3 Å². The first kappa shape index (κ1) is 16.7. The molecule has 0 fully saturated rings. The van der Waals surface area contributed by atoms with Crippen LogP contribution in [0.3, 0.4) is 0 Å². The largest absolute Gasteiger partial charge is 0.383 e. The van der Waals surface area contributed by atoms with Gasteiger partial charge in [-0.05, 0) is 25.1 Å². The fourth-order valence-electron chi connectivity index (χ4n) is 1.96. The molecule has 0 aliphatic rings. The zero-order chi connectivity index (χ0) is 14.8. The molecule has 1 heterocycles. The fraction of sp³-hybridized carbons (Fsp3) is 0.667. The van der Waals surface area contributed by atoms with Crippen molar-refractivity contribution in [3.63, 3.8) is 0 Å². The number of nitrogens with one attached hydrogen (secondary N) is 1. The van der Waals surface area contributed by atoms with E-state index >= 15 is 0 Å². The Balaban J connectivity index is 2.50. The van der Waals surface area contributed by atoms with Crippen molar-refractivity contribution in [1.82, 2.24) is 14.8 Å². The van der Waals surface area contributed by atoms with E-state index in [2.05, 4.69) is 12.2 Å². The second-order valence-corrected chi connectivity index (χ2v) is 4.95. The first-order valence-electron chi connectivity index (χ1n) is 7.26. The predicted octanol–water partition coefficient (Wildman–Crippen LogP) is 1.39. The third-order valence-corrected chi connectivity index (χ3v) is 3.31. The Bertz CT molecular complexity index is 390. The molecule has 5 nitrogen and oxygen atoms in total. The number of rotatable bonds is 10. The smallest absolute Gasteiger partial charge is 0.236 e. The average Bonchev–Trinajstić information content (AvgIpc) is 2.84. The third-order valence-electron chi connectivity index (χ3n) is 3.31. The van der Waals surface area contributed by atoms with E-state index in [1.807, 2.05) is 34.8 Å². The summed E-state index contributed by atoms with van der Waals surface area (Å²) in [7, 11) is 3.65. The number of amides is 1. The van der Waals surface area contributed by atoms with Gasteiger partial charge in [0.05, 0.1) is 19.7 Å². The Labute approximate surface area is 121 Å². The van der Waals surface area contributed by atoms with Gasteiger partial charge in [0.25, 0.3) is 0 Å². The van der Waals surface area contributed by atoms with Crippen LogP contribution in [-0.2, 0) is 23.1 Å². The number of ether oxygens (including phenoxy) is 1. The van der Waals surface area contributed by atoms with E-state index in [1.54, 1.807) is 7.11 Å². The third kappa shape index (κ3) is 5.75. The molecular weight excluding hydrogens is 254 g/mol. The molecule has 20 heavy (non-hydrogen) atoms. The highest BCUT2D eigenvalue weighted by molar-refractivity contribution is 5.78. The van der Waals surface area contributed by atoms with Crippen LogP contribution in [0.5, 0.6) is 0 Å². The minimum absolute atomic E-state index is 0.124. The molecule has 0 aromatic carbocycles. The minimum atomic E-state index is 0.124. The summed E-state index contributed by atoms with van der Waals surface area (Å²) in [6.45, 7) is 5.24. The number of carbonyl (C=O) groups is 1. The number of hydrogen-bond acceptors (Lipinski definition) is 3. The molecule has 1 rings (SSSR count). The van der Waals surface area contributed by atoms with E-state index in [0.717, 1.165) is 25.1 Å². The lowest BCUT2D eigenvalue weighted by molar-refractivity contribution is -0.131. The number of hydrogen-bond donors (Lipinski definition) is 1. The van der Waals surface area contributed by atoms with E-state index in [0.29, 0.717) is 26.2 Å². The van der Waals surface area contributed by atoms with Gasteiger partial charge in [0.1, 0.15) is 0 Å². The lowest BCUT2D eigenvalue weighted by Gasteiger charge is -2.23. The van der Waals surface area contributed by atoms with E-state index in [-0.39, 0.29) is 5.91 Å². The van der Waals surface area contributed by atoms with Gasteiger partial charge < -0.3 is 19.5 Å². The van der Waals surface area contributed by atoms with Crippen molar-refractivity contribution in [2.75, 3.05) is 33.4 Å². The molecule has 0 radical (unpaired) electrons. The molecular formula is C15H27N3O2. The zero-order valence-electron chi connectivity index (χ0n) is 12.9. The molecule has 1 N–H and O–H groups in total. The van der Waals surface area contributed by atoms with Crippen LogP contribution in [0.4, 0.5) is 0 Å². The number of carbonyl (C=O) groups excluding carboxylic acids is 1. The van der Waals surface area contributed by atoms with Crippen LogP contribution >= 0.6 is 0 Å². The Morgan fingerprint density at radius 3 is 2.90 bits per heavy atom. The van der Waals surface area contributed by atoms with Gasteiger partial charge >= 0.3 is 0 Å². The Morgan fingerprint density at radius 1 is 1.50 bits per heavy atom. The van der Waals surface area contributed by atoms with Crippen molar-refractivity contribution >= 4 is 5.91 Å². The number of methoxy groups -OCH3 is 1. The highest BCUT2D eigenvalue weighted by Gasteiger charge is 2.14. The molecule has 0 spiro atoms. The maximum atomic E-state index is 12.2. The molecule has 0 aliphatic carbocycles. The maximum Gasteiger partial charge on any atom is 0.236 e. The fourth-order valence-corrected chi connectivity index (χ4v) is 1.96. The zero-order valence-corrected chi connectivity index (χ0v) is 12.9. The minimum Gasteiger partial charge on any atom is -0.383 e. The second-order valence-electron chi connectivity index (χ2n) is 4.95. The van der Waals surface area contributed by atoms with Crippen molar-refractivity contribution in [1.29, 1.82) is 0 Å². The number of aromatic nitrogens is 1. The van der Waals surface area contributed by atoms with E-state index < -0.39 is 0 Å². The predicted molar refractivity (Wildman–Crippen MR) is 80.5 cm³/mol. The summed E-state index contributed by atoms with van der Waals surface area (Å²) in [5.74, 6) is 0.124. The molecule has 0 aliphatic heterocycles. The number of aryl methyl sites for hydroxylation is 1. The van der Waals surface area contributed by atoms with Crippen molar-refractivity contribution in [3.8, 4) is 0 Å². The van der Waals surface area contributed by atoms with Crippen molar-refractivity contribution in [3.05, 3.63) is 24.0 Å². The summed E-state index contributed by atoms with van der Waals surface area (Å²) >= 11 is 0. The molecule has 0 saturated heterocycles. The van der Waals surface area contributed by atoms with Gasteiger partial charge in [-0.25, -0.2) is 0 Å². The average molecular weight is 281 g/mol. The summed E-state index contributed by atoms with van der Waals surface area (Å²) in [5.41, 5.74) is 1.13. The highest BCUT2D eigenvalue weighted by atomic mass is 16.5. The van der Waals surface area contributed by atoms with Crippen LogP contribution in [0.15, 0.2) is 18.3 Å². The van der Waals surface area contributed by atoms with Gasteiger partial charge in [0.2, 0.25) is 5.91 Å². The number of nitrogens with zero attached hydrogens (tertiary/aromatic N) is 2. The summed E-state index contributed by atoms with van der Waals surface area (Å²) in [4.78, 5) is 14.1. The van der Waals surface area contributed by atoms with Crippen LogP contribution < -0.4 is 5.32 Å². The van der Waals surface area contributed by atoms with Gasteiger partial charge in [0, 0.05) is 32.6 Å². The summed E-state index contributed by atoms with van der Waals surface area (Å²) in [5, 5.41) is 3.20. The quantitative estimate of drug-likeness (QED) is 0.659. The molecule has 0 saturated carbocycles. The Morgan fingerprint density at radius 2 is 2.30 bits per heavy atom. The molecule has 0 bridgehead atoms. The van der Waals surface area contributed by atoms with Gasteiger partial charge in [-0.3, -0.25) is 4.79 Å². The highest BCUT2D eigenvalue weighted by Crippen LogP contribution is 2.05. The Kier molecular flexibility index (Phi) is 7.99. The van der Waals surface area contributed by atoms with Crippen LogP contribution in [0, 0.1) is 0 Å². The molecule has 1 amide bonds. The summed E-state index contributed by atoms with van der Waals surface area (Å²) < 4.78 is 7.13. The van der Waals surface area contributed by atoms with E-state index in [4.69, 9.17) is 4.74 Å². The lowest BCUT2D eigenvalue weighted by atomic mass is 10.3. The monoisotopic (exact) mass is 281 g/mol. The van der Waals surface area contributed by atoms with E-state index in [1.165, 1.54) is 0 Å². The maximum absolute atomic E-state index is 12.2. The summed E-state index contributed by atoms with van der Waals surface area (Å²) in [6.07, 6.45) is 4.23. The first-order chi connectivity index (χ1) is 9.69. The molecule has 114 valence electrons. The van der Waals surface area contributed by atoms with Gasteiger partial charge in [-0.1, -0.05) is 13.3 Å². The molecule has 1 aromatic heterocycles. The van der Waals surface area contributed by atoms with Crippen LogP contribution in [0.2, 0.25) is 0 Å². The molecule has 1 aromatic rings. The van der Waals surface area contributed by atoms with Crippen molar-refractivity contribution in [2.24, 2.45) is 7.05 Å². The van der Waals surface area contributed by atoms with E-state index in [9.17, 15) is 4.79 Å². The topological polar surface area (TPSA) is 46.5 Å². The second kappa shape index (κ2) is 9.55. The van der Waals surface area contributed by atoms with Gasteiger partial charge in [-0.15, -0.1) is 0 Å². The molecule has 0 unspecified atom stereocenters. The van der Waals surface area contributed by atoms with Crippen LogP contribution in [-0.4, -0.2) is 48.7 Å². The first-order valence-corrected chi connectivity index (χ1v) is 7.26. The van der Waals surface area contributed by atoms with Gasteiger partial charge in [0.15, 0.2) is 0 Å². The number of unbranched alkanes of at least 4 members (excludes halogenated alkanes) is 1. The normalized spacial score (nSPS) is 10.8. The lowest BCUT2D eigenvalue weighted by Crippen LogP contribution is -2.40. The van der Waals surface area contributed by atoms with Crippen LogP contribution in [0.25, 0.3) is 0 Å². The van der Waals surface area contributed by atoms with Crippen molar-refractivity contribution < 1.29 is 9.53 Å². The molecule has 5 heteroatoms. The SMILES string of the molecule is CCCCNCC(=O)N(CCOC)Cc1cccn1C. The Hall–Kier alpha value is -1.33. The van der Waals surface area contributed by atoms with Gasteiger partial charge in [-0.2, -0.15) is 0 Å².